The molecule has 1 rings (SSSR count). The summed E-state index contributed by atoms with van der Waals surface area (Å²) in [6, 6.07) is 2.06. The zero-order valence-corrected chi connectivity index (χ0v) is 9.30. The van der Waals surface area contributed by atoms with Crippen LogP contribution in [0.2, 0.25) is 0 Å². The van der Waals surface area contributed by atoms with Crippen LogP contribution in [0.25, 0.3) is 0 Å². The lowest BCUT2D eigenvalue weighted by Crippen LogP contribution is -2.08. The van der Waals surface area contributed by atoms with Gasteiger partial charge in [0, 0.05) is 5.33 Å². The summed E-state index contributed by atoms with van der Waals surface area (Å²) in [5.41, 5.74) is -0.373. The van der Waals surface area contributed by atoms with Crippen molar-refractivity contribution in [2.45, 2.75) is 11.9 Å². The predicted octanol–water partition coefficient (Wildman–Crippen LogP) is 3.02. The Balaban J connectivity index is 3.25. The molecule has 0 aromatic heterocycles. The van der Waals surface area contributed by atoms with Crippen molar-refractivity contribution in [2.24, 2.45) is 0 Å². The van der Waals surface area contributed by atoms with Crippen molar-refractivity contribution in [3.63, 3.8) is 0 Å². The van der Waals surface area contributed by atoms with Crippen LogP contribution in [-0.4, -0.2) is 17.7 Å². The minimum absolute atomic E-state index is 0.202. The average Bonchev–Trinajstić information content (AvgIpc) is 2.19. The predicted molar refractivity (Wildman–Crippen MR) is 52.6 cm³/mol. The van der Waals surface area contributed by atoms with Gasteiger partial charge in [0.05, 0.1) is 5.56 Å². The Morgan fingerprint density at radius 2 is 2.12 bits per heavy atom. The van der Waals surface area contributed by atoms with Gasteiger partial charge in [-0.15, -0.1) is 0 Å². The van der Waals surface area contributed by atoms with Gasteiger partial charge in [0.1, 0.15) is 0 Å². The number of halogens is 4. The zero-order valence-electron chi connectivity index (χ0n) is 7.71. The molecule has 0 aliphatic rings. The number of ether oxygens (including phenoxy) is 1. The molecule has 0 heterocycles. The highest BCUT2D eigenvalue weighted by Gasteiger charge is 2.19. The second-order valence-electron chi connectivity index (χ2n) is 2.77. The third kappa shape index (κ3) is 2.88. The quantitative estimate of drug-likeness (QED) is 0.869. The molecule has 7 heteroatoms. The molecule has 0 aliphatic heterocycles. The first-order chi connectivity index (χ1) is 7.45. The van der Waals surface area contributed by atoms with Gasteiger partial charge in [-0.2, -0.15) is 8.78 Å². The van der Waals surface area contributed by atoms with E-state index < -0.39 is 29.7 Å². The standard InChI is InChI=1S/C9H6BrF3O3/c10-3-4-1-5(8(14)15)7(11)6(2-4)16-9(12)13/h1-2,9H,3H2,(H,14,15). The first kappa shape index (κ1) is 12.8. The number of hydrogen-bond acceptors (Lipinski definition) is 2. The van der Waals surface area contributed by atoms with Gasteiger partial charge in [0.15, 0.2) is 11.6 Å². The van der Waals surface area contributed by atoms with Crippen LogP contribution >= 0.6 is 15.9 Å². The Labute approximate surface area is 97.0 Å². The lowest BCUT2D eigenvalue weighted by atomic mass is 10.1. The van der Waals surface area contributed by atoms with Crippen molar-refractivity contribution in [1.29, 1.82) is 0 Å². The smallest absolute Gasteiger partial charge is 0.387 e. The maximum absolute atomic E-state index is 13.3. The van der Waals surface area contributed by atoms with E-state index in [1.54, 1.807) is 0 Å². The maximum atomic E-state index is 13.3. The van der Waals surface area contributed by atoms with E-state index in [0.29, 0.717) is 5.56 Å². The Kier molecular flexibility index (Phi) is 4.17. The fourth-order valence-electron chi connectivity index (χ4n) is 1.07. The number of aromatic carboxylic acids is 1. The van der Waals surface area contributed by atoms with Gasteiger partial charge in [0.25, 0.3) is 0 Å². The molecule has 0 unspecified atom stereocenters. The molecular weight excluding hydrogens is 293 g/mol. The Hall–Kier alpha value is -1.24. The van der Waals surface area contributed by atoms with Crippen LogP contribution in [0.4, 0.5) is 13.2 Å². The van der Waals surface area contributed by atoms with Gasteiger partial charge in [0.2, 0.25) is 0 Å². The molecular formula is C9H6BrF3O3. The van der Waals surface area contributed by atoms with Crippen molar-refractivity contribution in [1.82, 2.24) is 0 Å². The molecule has 0 radical (unpaired) electrons. The molecule has 1 N–H and O–H groups in total. The number of carboxylic acid groups (broad SMARTS) is 1. The second kappa shape index (κ2) is 5.20. The van der Waals surface area contributed by atoms with Gasteiger partial charge in [-0.1, -0.05) is 15.9 Å². The van der Waals surface area contributed by atoms with Crippen molar-refractivity contribution >= 4 is 21.9 Å². The average molecular weight is 299 g/mol. The van der Waals surface area contributed by atoms with Crippen LogP contribution in [-0.2, 0) is 5.33 Å². The summed E-state index contributed by atoms with van der Waals surface area (Å²) in [4.78, 5) is 10.6. The lowest BCUT2D eigenvalue weighted by molar-refractivity contribution is -0.0523. The third-order valence-electron chi connectivity index (χ3n) is 1.70. The van der Waals surface area contributed by atoms with Crippen molar-refractivity contribution in [3.8, 4) is 5.75 Å². The van der Waals surface area contributed by atoms with Crippen LogP contribution in [0.1, 0.15) is 15.9 Å². The van der Waals surface area contributed by atoms with Gasteiger partial charge in [-0.05, 0) is 17.7 Å². The second-order valence-corrected chi connectivity index (χ2v) is 3.33. The largest absolute Gasteiger partial charge is 0.478 e. The Bertz CT molecular complexity index is 409. The SMILES string of the molecule is O=C(O)c1cc(CBr)cc(OC(F)F)c1F. The highest BCUT2D eigenvalue weighted by molar-refractivity contribution is 9.08. The summed E-state index contributed by atoms with van der Waals surface area (Å²) in [7, 11) is 0. The molecule has 3 nitrogen and oxygen atoms in total. The molecule has 0 saturated heterocycles. The molecule has 1 aromatic carbocycles. The molecule has 16 heavy (non-hydrogen) atoms. The number of alkyl halides is 3. The highest BCUT2D eigenvalue weighted by atomic mass is 79.9. The maximum Gasteiger partial charge on any atom is 0.387 e. The fraction of sp³-hybridized carbons (Fsp3) is 0.222. The zero-order chi connectivity index (χ0) is 12.3. The summed E-state index contributed by atoms with van der Waals surface area (Å²) in [5, 5.41) is 8.85. The first-order valence-electron chi connectivity index (χ1n) is 4.02. The topological polar surface area (TPSA) is 46.5 Å². The number of rotatable bonds is 4. The summed E-state index contributed by atoms with van der Waals surface area (Å²) < 4.78 is 41.1. The van der Waals surface area contributed by atoms with Crippen LogP contribution in [0, 0.1) is 5.82 Å². The number of hydrogen-bond donors (Lipinski definition) is 1. The van der Waals surface area contributed by atoms with E-state index in [0.717, 1.165) is 12.1 Å². The molecule has 0 atom stereocenters. The molecule has 0 spiro atoms. The third-order valence-corrected chi connectivity index (χ3v) is 2.35. The van der Waals surface area contributed by atoms with E-state index in [1.165, 1.54) is 0 Å². The van der Waals surface area contributed by atoms with Gasteiger partial charge >= 0.3 is 12.6 Å². The minimum atomic E-state index is -3.21. The van der Waals surface area contributed by atoms with E-state index in [-0.39, 0.29) is 5.33 Å². The molecule has 0 aliphatic carbocycles. The number of carboxylic acids is 1. The van der Waals surface area contributed by atoms with E-state index in [9.17, 15) is 18.0 Å². The molecule has 0 fully saturated rings. The lowest BCUT2D eigenvalue weighted by Gasteiger charge is -2.09. The summed E-state index contributed by atoms with van der Waals surface area (Å²) in [5.74, 6) is -3.62. The van der Waals surface area contributed by atoms with Crippen LogP contribution in [0.3, 0.4) is 0 Å². The highest BCUT2D eigenvalue weighted by Crippen LogP contribution is 2.26. The number of benzene rings is 1. The van der Waals surface area contributed by atoms with E-state index >= 15 is 0 Å². The molecule has 0 amide bonds. The van der Waals surface area contributed by atoms with Gasteiger partial charge in [-0.3, -0.25) is 0 Å². The molecule has 0 bridgehead atoms. The van der Waals surface area contributed by atoms with Crippen molar-refractivity contribution in [2.75, 3.05) is 0 Å². The minimum Gasteiger partial charge on any atom is -0.478 e. The van der Waals surface area contributed by atoms with E-state index in [4.69, 9.17) is 5.11 Å². The van der Waals surface area contributed by atoms with Crippen LogP contribution in [0.5, 0.6) is 5.75 Å². The van der Waals surface area contributed by atoms with Crippen LogP contribution in [0.15, 0.2) is 12.1 Å². The van der Waals surface area contributed by atoms with Gasteiger partial charge in [-0.25, -0.2) is 9.18 Å². The van der Waals surface area contributed by atoms with Gasteiger partial charge < -0.3 is 9.84 Å². The molecule has 0 saturated carbocycles. The first-order valence-corrected chi connectivity index (χ1v) is 5.14. The Morgan fingerprint density at radius 3 is 2.56 bits per heavy atom. The summed E-state index contributed by atoms with van der Waals surface area (Å²) in [6.07, 6.45) is 0. The monoisotopic (exact) mass is 298 g/mol. The van der Waals surface area contributed by atoms with Crippen LogP contribution < -0.4 is 4.74 Å². The van der Waals surface area contributed by atoms with Crippen molar-refractivity contribution < 1.29 is 27.8 Å². The fourth-order valence-corrected chi connectivity index (χ4v) is 1.39. The van der Waals surface area contributed by atoms with Crippen molar-refractivity contribution in [3.05, 3.63) is 29.1 Å². The molecule has 88 valence electrons. The Morgan fingerprint density at radius 1 is 1.50 bits per heavy atom. The number of carbonyl (C=O) groups is 1. The van der Waals surface area contributed by atoms with E-state index in [2.05, 4.69) is 20.7 Å². The summed E-state index contributed by atoms with van der Waals surface area (Å²) in [6.45, 7) is -3.21. The van der Waals surface area contributed by atoms with E-state index in [1.807, 2.05) is 0 Å². The summed E-state index contributed by atoms with van der Waals surface area (Å²) >= 11 is 3.01. The molecule has 1 aromatic rings. The normalized spacial score (nSPS) is 10.6.